The molecule has 6 nitrogen and oxygen atoms in total. The molecule has 0 unspecified atom stereocenters. The second kappa shape index (κ2) is 4.17. The van der Waals surface area contributed by atoms with Gasteiger partial charge < -0.3 is 14.8 Å². The maximum atomic E-state index is 6.11. The molecule has 1 aliphatic rings. The lowest BCUT2D eigenvalue weighted by Gasteiger charge is -1.96. The second-order valence-electron chi connectivity index (χ2n) is 4.88. The Morgan fingerprint density at radius 1 is 1.40 bits per heavy atom. The molecular weight excluding hydrogens is 274 g/mol. The standard InChI is InChI=1S/C13H13N5OS/c1-18-6-5-15-12(18)11-16-13(19-17-11)9-7-3-2-4-8(7)20-10(9)14/h5-6H,2-4,14H2,1H3. The quantitative estimate of drug-likeness (QED) is 0.781. The van der Waals surface area contributed by atoms with Crippen LogP contribution in [0, 0.1) is 0 Å². The number of aromatic nitrogens is 4. The average molecular weight is 287 g/mol. The monoisotopic (exact) mass is 287 g/mol. The number of nitrogens with zero attached hydrogens (tertiary/aromatic N) is 4. The zero-order chi connectivity index (χ0) is 13.7. The maximum absolute atomic E-state index is 6.11. The molecule has 0 atom stereocenters. The first kappa shape index (κ1) is 11.7. The Morgan fingerprint density at radius 2 is 2.30 bits per heavy atom. The predicted molar refractivity (Wildman–Crippen MR) is 76.3 cm³/mol. The van der Waals surface area contributed by atoms with Crippen LogP contribution in [0.2, 0.25) is 0 Å². The van der Waals surface area contributed by atoms with Crippen LogP contribution < -0.4 is 5.73 Å². The highest BCUT2D eigenvalue weighted by molar-refractivity contribution is 7.16. The number of thiophene rings is 1. The molecule has 0 saturated carbocycles. The highest BCUT2D eigenvalue weighted by Crippen LogP contribution is 2.42. The molecule has 0 fully saturated rings. The second-order valence-corrected chi connectivity index (χ2v) is 6.02. The van der Waals surface area contributed by atoms with Gasteiger partial charge >= 0.3 is 0 Å². The van der Waals surface area contributed by atoms with Crippen LogP contribution in [0.1, 0.15) is 16.9 Å². The largest absolute Gasteiger partial charge is 0.390 e. The summed E-state index contributed by atoms with van der Waals surface area (Å²) in [5.41, 5.74) is 8.32. The summed E-state index contributed by atoms with van der Waals surface area (Å²) in [6, 6.07) is 0. The third-order valence-corrected chi connectivity index (χ3v) is 4.73. The zero-order valence-electron chi connectivity index (χ0n) is 11.0. The highest BCUT2D eigenvalue weighted by atomic mass is 32.1. The number of hydrogen-bond donors (Lipinski definition) is 1. The smallest absolute Gasteiger partial charge is 0.261 e. The van der Waals surface area contributed by atoms with Crippen molar-refractivity contribution in [1.82, 2.24) is 19.7 Å². The Balaban J connectivity index is 1.81. The van der Waals surface area contributed by atoms with E-state index >= 15 is 0 Å². The molecule has 0 aromatic carbocycles. The van der Waals surface area contributed by atoms with E-state index in [0.29, 0.717) is 17.5 Å². The molecule has 3 heterocycles. The molecule has 0 bridgehead atoms. The summed E-state index contributed by atoms with van der Waals surface area (Å²) in [5.74, 6) is 1.68. The molecule has 20 heavy (non-hydrogen) atoms. The lowest BCUT2D eigenvalue weighted by Crippen LogP contribution is -1.93. The van der Waals surface area contributed by atoms with Crippen molar-refractivity contribution in [3.05, 3.63) is 22.8 Å². The van der Waals surface area contributed by atoms with E-state index in [1.54, 1.807) is 17.5 Å². The number of anilines is 1. The maximum Gasteiger partial charge on any atom is 0.261 e. The fourth-order valence-electron chi connectivity index (χ4n) is 2.66. The molecule has 3 aromatic heterocycles. The Labute approximate surface area is 119 Å². The highest BCUT2D eigenvalue weighted by Gasteiger charge is 2.26. The predicted octanol–water partition coefficient (Wildman–Crippen LogP) is 2.27. The minimum atomic E-state index is 0.491. The number of aryl methyl sites for hydroxylation is 2. The Morgan fingerprint density at radius 3 is 3.10 bits per heavy atom. The van der Waals surface area contributed by atoms with E-state index in [9.17, 15) is 0 Å². The summed E-state index contributed by atoms with van der Waals surface area (Å²) in [7, 11) is 1.90. The molecule has 2 N–H and O–H groups in total. The summed E-state index contributed by atoms with van der Waals surface area (Å²) in [6.07, 6.45) is 6.88. The summed E-state index contributed by atoms with van der Waals surface area (Å²) >= 11 is 1.64. The van der Waals surface area contributed by atoms with Gasteiger partial charge in [-0.05, 0) is 24.8 Å². The topological polar surface area (TPSA) is 82.8 Å². The number of rotatable bonds is 2. The molecule has 102 valence electrons. The minimum Gasteiger partial charge on any atom is -0.390 e. The first-order chi connectivity index (χ1) is 9.74. The van der Waals surface area contributed by atoms with E-state index in [4.69, 9.17) is 10.3 Å². The number of nitrogens with two attached hydrogens (primary N) is 1. The van der Waals surface area contributed by atoms with Gasteiger partial charge in [0, 0.05) is 24.3 Å². The third kappa shape index (κ3) is 1.59. The van der Waals surface area contributed by atoms with Crippen LogP contribution in [0.25, 0.3) is 23.1 Å². The molecule has 4 rings (SSSR count). The van der Waals surface area contributed by atoms with Crippen molar-refractivity contribution < 1.29 is 4.52 Å². The Hall–Kier alpha value is -2.15. The molecule has 3 aromatic rings. The SMILES string of the molecule is Cn1ccnc1-c1noc(-c2c(N)sc3c2CCC3)n1. The fraction of sp³-hybridized carbons (Fsp3) is 0.308. The van der Waals surface area contributed by atoms with E-state index < -0.39 is 0 Å². The number of hydrogen-bond acceptors (Lipinski definition) is 6. The number of imidazole rings is 1. The summed E-state index contributed by atoms with van der Waals surface area (Å²) < 4.78 is 7.26. The lowest BCUT2D eigenvalue weighted by atomic mass is 10.1. The number of nitrogen functional groups attached to an aromatic ring is 1. The Bertz CT molecular complexity index is 785. The van der Waals surface area contributed by atoms with E-state index in [2.05, 4.69) is 15.1 Å². The van der Waals surface area contributed by atoms with Crippen molar-refractivity contribution in [3.8, 4) is 23.1 Å². The summed E-state index contributed by atoms with van der Waals surface area (Å²) in [4.78, 5) is 10.0. The normalized spacial score (nSPS) is 13.8. The van der Waals surface area contributed by atoms with E-state index in [-0.39, 0.29) is 0 Å². The van der Waals surface area contributed by atoms with Crippen molar-refractivity contribution in [2.24, 2.45) is 7.05 Å². The van der Waals surface area contributed by atoms with E-state index in [0.717, 1.165) is 23.4 Å². The van der Waals surface area contributed by atoms with Gasteiger partial charge in [0.05, 0.1) is 10.6 Å². The molecule has 0 amide bonds. The van der Waals surface area contributed by atoms with Gasteiger partial charge in [-0.2, -0.15) is 4.98 Å². The minimum absolute atomic E-state index is 0.491. The van der Waals surface area contributed by atoms with Crippen LogP contribution in [0.5, 0.6) is 0 Å². The average Bonchev–Trinajstić information content (AvgIpc) is 3.12. The van der Waals surface area contributed by atoms with Gasteiger partial charge in [-0.15, -0.1) is 11.3 Å². The molecule has 0 spiro atoms. The van der Waals surface area contributed by atoms with Crippen LogP contribution in [0.15, 0.2) is 16.9 Å². The van der Waals surface area contributed by atoms with Crippen LogP contribution >= 0.6 is 11.3 Å². The van der Waals surface area contributed by atoms with Gasteiger partial charge in [0.1, 0.15) is 0 Å². The van der Waals surface area contributed by atoms with Gasteiger partial charge in [-0.3, -0.25) is 0 Å². The number of fused-ring (bicyclic) bond motifs is 1. The third-order valence-electron chi connectivity index (χ3n) is 3.61. The van der Waals surface area contributed by atoms with Crippen LogP contribution in [-0.4, -0.2) is 19.7 Å². The van der Waals surface area contributed by atoms with Crippen LogP contribution in [0.3, 0.4) is 0 Å². The fourth-order valence-corrected chi connectivity index (χ4v) is 3.81. The first-order valence-corrected chi connectivity index (χ1v) is 7.27. The summed E-state index contributed by atoms with van der Waals surface area (Å²) in [6.45, 7) is 0. The van der Waals surface area contributed by atoms with Crippen molar-refractivity contribution >= 4 is 16.3 Å². The van der Waals surface area contributed by atoms with Crippen molar-refractivity contribution in [2.45, 2.75) is 19.3 Å². The van der Waals surface area contributed by atoms with Crippen molar-refractivity contribution in [2.75, 3.05) is 5.73 Å². The van der Waals surface area contributed by atoms with Gasteiger partial charge in [-0.1, -0.05) is 5.16 Å². The lowest BCUT2D eigenvalue weighted by molar-refractivity contribution is 0.431. The molecule has 0 saturated heterocycles. The van der Waals surface area contributed by atoms with Gasteiger partial charge in [0.25, 0.3) is 5.89 Å². The van der Waals surface area contributed by atoms with Crippen molar-refractivity contribution in [3.63, 3.8) is 0 Å². The zero-order valence-corrected chi connectivity index (χ0v) is 11.8. The van der Waals surface area contributed by atoms with Gasteiger partial charge in [0.2, 0.25) is 5.82 Å². The van der Waals surface area contributed by atoms with Crippen LogP contribution in [-0.2, 0) is 19.9 Å². The van der Waals surface area contributed by atoms with E-state index in [1.807, 2.05) is 17.8 Å². The van der Waals surface area contributed by atoms with Gasteiger partial charge in [-0.25, -0.2) is 4.98 Å². The molecular formula is C13H13N5OS. The molecule has 0 radical (unpaired) electrons. The van der Waals surface area contributed by atoms with E-state index in [1.165, 1.54) is 16.9 Å². The summed E-state index contributed by atoms with van der Waals surface area (Å²) in [5, 5.41) is 4.79. The molecule has 0 aliphatic heterocycles. The van der Waals surface area contributed by atoms with Crippen LogP contribution in [0.4, 0.5) is 5.00 Å². The molecule has 1 aliphatic carbocycles. The first-order valence-electron chi connectivity index (χ1n) is 6.46. The van der Waals surface area contributed by atoms with Crippen molar-refractivity contribution in [1.29, 1.82) is 0 Å². The Kier molecular flexibility index (Phi) is 2.43. The van der Waals surface area contributed by atoms with Gasteiger partial charge in [0.15, 0.2) is 5.82 Å². The molecule has 7 heteroatoms.